The van der Waals surface area contributed by atoms with Gasteiger partial charge >= 0.3 is 0 Å². The highest BCUT2D eigenvalue weighted by atomic mass is 127. The van der Waals surface area contributed by atoms with Crippen LogP contribution < -0.4 is 14.8 Å². The number of carbonyl (C=O) groups is 1. The number of sulfonamides is 1. The molecule has 0 spiro atoms. The first-order chi connectivity index (χ1) is 21.1. The number of benzene rings is 4. The molecule has 224 valence electrons. The fraction of sp³-hybridized carbons (Fsp3) is 0.125. The lowest BCUT2D eigenvalue weighted by molar-refractivity contribution is 0.0964. The van der Waals surface area contributed by atoms with Gasteiger partial charge in [-0.05, 0) is 95.7 Å². The maximum Gasteiger partial charge on any atom is 0.255 e. The van der Waals surface area contributed by atoms with Crippen LogP contribution in [0.1, 0.15) is 17.3 Å². The zero-order valence-corrected chi connectivity index (χ0v) is 26.7. The molecule has 0 atom stereocenters. The smallest absolute Gasteiger partial charge is 0.255 e. The standard InChI is InChI=1S/C32H25FIN3O6S/c1-4-44(39,40)37-25-16-27-22(29(31(38)35-2)30(42-27)17-5-8-19(33)9-6-17)15-21(25)18-7-12-26(41-3)23(13-18)32-36-24-11-10-20(34)14-28(24)43-32/h5-16,37H,4H2,1-3H3,(H,35,38). The molecule has 44 heavy (non-hydrogen) atoms. The van der Waals surface area contributed by atoms with Crippen LogP contribution in [0.4, 0.5) is 10.1 Å². The van der Waals surface area contributed by atoms with Crippen LogP contribution in [0.15, 0.2) is 81.6 Å². The molecule has 2 N–H and O–H groups in total. The Labute approximate surface area is 265 Å². The predicted molar refractivity (Wildman–Crippen MR) is 176 cm³/mol. The number of fused-ring (bicyclic) bond motifs is 2. The van der Waals surface area contributed by atoms with E-state index in [1.807, 2.05) is 18.2 Å². The molecule has 0 unspecified atom stereocenters. The van der Waals surface area contributed by atoms with E-state index in [1.54, 1.807) is 30.3 Å². The van der Waals surface area contributed by atoms with Gasteiger partial charge in [-0.15, -0.1) is 0 Å². The summed E-state index contributed by atoms with van der Waals surface area (Å²) in [7, 11) is -0.684. The summed E-state index contributed by atoms with van der Waals surface area (Å²) in [6.45, 7) is 1.53. The van der Waals surface area contributed by atoms with Crippen LogP contribution in [0.2, 0.25) is 0 Å². The molecule has 6 aromatic rings. The van der Waals surface area contributed by atoms with Crippen LogP contribution in [-0.2, 0) is 10.0 Å². The predicted octanol–water partition coefficient (Wildman–Crippen LogP) is 7.45. The van der Waals surface area contributed by atoms with E-state index in [0.717, 1.165) is 3.57 Å². The van der Waals surface area contributed by atoms with Crippen molar-refractivity contribution >= 4 is 66.3 Å². The van der Waals surface area contributed by atoms with Gasteiger partial charge in [0.2, 0.25) is 15.9 Å². The summed E-state index contributed by atoms with van der Waals surface area (Å²) in [5, 5.41) is 3.08. The fourth-order valence-electron chi connectivity index (χ4n) is 4.92. The number of methoxy groups -OCH3 is 1. The number of ether oxygens (including phenoxy) is 1. The van der Waals surface area contributed by atoms with Crippen LogP contribution in [-0.4, -0.2) is 39.2 Å². The number of hydrogen-bond acceptors (Lipinski definition) is 7. The number of oxazole rings is 1. The van der Waals surface area contributed by atoms with Gasteiger partial charge in [-0.3, -0.25) is 9.52 Å². The number of halogens is 2. The van der Waals surface area contributed by atoms with Gasteiger partial charge in [-0.2, -0.15) is 0 Å². The fourth-order valence-corrected chi connectivity index (χ4v) is 6.03. The second-order valence-corrected chi connectivity index (χ2v) is 13.1. The molecular formula is C32H25FIN3O6S. The largest absolute Gasteiger partial charge is 0.496 e. The molecule has 0 aliphatic carbocycles. The second-order valence-electron chi connectivity index (χ2n) is 9.84. The first-order valence-corrected chi connectivity index (χ1v) is 16.2. The van der Waals surface area contributed by atoms with Crippen molar-refractivity contribution in [2.45, 2.75) is 6.92 Å². The Balaban J connectivity index is 1.61. The van der Waals surface area contributed by atoms with Crippen LogP contribution in [0.5, 0.6) is 5.75 Å². The van der Waals surface area contributed by atoms with Crippen molar-refractivity contribution in [3.05, 3.63) is 87.7 Å². The van der Waals surface area contributed by atoms with Crippen LogP contribution in [0.25, 0.3) is 56.0 Å². The summed E-state index contributed by atoms with van der Waals surface area (Å²) >= 11 is 2.20. The molecule has 0 aliphatic rings. The Hall–Kier alpha value is -4.43. The van der Waals surface area contributed by atoms with E-state index in [2.05, 4.69) is 37.6 Å². The third kappa shape index (κ3) is 5.50. The summed E-state index contributed by atoms with van der Waals surface area (Å²) in [5.74, 6) is 0.0199. The molecule has 0 radical (unpaired) electrons. The molecule has 2 aromatic heterocycles. The number of aromatic nitrogens is 1. The molecule has 1 amide bonds. The molecule has 0 saturated heterocycles. The lowest BCUT2D eigenvalue weighted by Crippen LogP contribution is -2.18. The van der Waals surface area contributed by atoms with Crippen molar-refractivity contribution in [2.24, 2.45) is 0 Å². The highest BCUT2D eigenvalue weighted by Gasteiger charge is 2.25. The van der Waals surface area contributed by atoms with E-state index in [1.165, 1.54) is 45.3 Å². The summed E-state index contributed by atoms with van der Waals surface area (Å²) in [6.07, 6.45) is 0. The second kappa shape index (κ2) is 11.6. The zero-order chi connectivity index (χ0) is 31.2. The highest BCUT2D eigenvalue weighted by molar-refractivity contribution is 14.1. The minimum Gasteiger partial charge on any atom is -0.496 e. The molecule has 9 nitrogen and oxygen atoms in total. The minimum absolute atomic E-state index is 0.164. The van der Waals surface area contributed by atoms with E-state index < -0.39 is 21.7 Å². The minimum atomic E-state index is -3.72. The molecule has 0 fully saturated rings. The first-order valence-electron chi connectivity index (χ1n) is 13.4. The number of furan rings is 1. The Kier molecular flexibility index (Phi) is 7.80. The van der Waals surface area contributed by atoms with E-state index in [0.29, 0.717) is 50.4 Å². The number of amides is 1. The summed E-state index contributed by atoms with van der Waals surface area (Å²) in [6, 6.07) is 19.8. The van der Waals surface area contributed by atoms with E-state index in [-0.39, 0.29) is 28.3 Å². The lowest BCUT2D eigenvalue weighted by atomic mass is 9.97. The Morgan fingerprint density at radius 3 is 2.41 bits per heavy atom. The molecule has 6 rings (SSSR count). The zero-order valence-electron chi connectivity index (χ0n) is 23.7. The summed E-state index contributed by atoms with van der Waals surface area (Å²) in [5.41, 5.74) is 4.12. The van der Waals surface area contributed by atoms with Crippen LogP contribution in [0, 0.1) is 9.39 Å². The third-order valence-corrected chi connectivity index (χ3v) is 9.09. The van der Waals surface area contributed by atoms with Crippen molar-refractivity contribution < 1.29 is 31.2 Å². The highest BCUT2D eigenvalue weighted by Crippen LogP contribution is 2.42. The molecule has 0 aliphatic heterocycles. The summed E-state index contributed by atoms with van der Waals surface area (Å²) in [4.78, 5) is 17.8. The monoisotopic (exact) mass is 725 g/mol. The van der Waals surface area contributed by atoms with Crippen LogP contribution >= 0.6 is 22.6 Å². The van der Waals surface area contributed by atoms with Gasteiger partial charge in [0.25, 0.3) is 5.91 Å². The lowest BCUT2D eigenvalue weighted by Gasteiger charge is -2.14. The number of rotatable bonds is 8. The van der Waals surface area contributed by atoms with Crippen molar-refractivity contribution in [2.75, 3.05) is 24.6 Å². The van der Waals surface area contributed by atoms with E-state index in [4.69, 9.17) is 13.6 Å². The number of carbonyl (C=O) groups excluding carboxylic acids is 1. The molecular weight excluding hydrogens is 700 g/mol. The van der Waals surface area contributed by atoms with Gasteiger partial charge in [-0.1, -0.05) is 6.07 Å². The number of hydrogen-bond donors (Lipinski definition) is 2. The van der Waals surface area contributed by atoms with Crippen molar-refractivity contribution in [1.29, 1.82) is 0 Å². The average Bonchev–Trinajstić information content (AvgIpc) is 3.61. The van der Waals surface area contributed by atoms with Gasteiger partial charge < -0.3 is 18.9 Å². The number of anilines is 1. The van der Waals surface area contributed by atoms with E-state index >= 15 is 0 Å². The topological polar surface area (TPSA) is 124 Å². The maximum absolute atomic E-state index is 13.7. The SMILES string of the molecule is CCS(=O)(=O)Nc1cc2oc(-c3ccc(F)cc3)c(C(=O)NC)c2cc1-c1ccc(OC)c(-c2nc3ccc(I)cc3o2)c1. The summed E-state index contributed by atoms with van der Waals surface area (Å²) < 4.78 is 60.8. The van der Waals surface area contributed by atoms with E-state index in [9.17, 15) is 17.6 Å². The van der Waals surface area contributed by atoms with Gasteiger partial charge in [-0.25, -0.2) is 17.8 Å². The Bertz CT molecular complexity index is 2170. The normalized spacial score (nSPS) is 11.7. The third-order valence-electron chi connectivity index (χ3n) is 7.13. The first kappa shape index (κ1) is 29.6. The molecule has 4 aromatic carbocycles. The average molecular weight is 726 g/mol. The molecule has 0 bridgehead atoms. The van der Waals surface area contributed by atoms with Crippen molar-refractivity contribution in [3.8, 4) is 39.7 Å². The van der Waals surface area contributed by atoms with Crippen molar-refractivity contribution in [1.82, 2.24) is 10.3 Å². The van der Waals surface area contributed by atoms with Gasteiger partial charge in [0, 0.05) is 33.2 Å². The molecule has 12 heteroatoms. The van der Waals surface area contributed by atoms with Gasteiger partial charge in [0.05, 0.1) is 29.7 Å². The van der Waals surface area contributed by atoms with Gasteiger partial charge in [0.1, 0.15) is 28.4 Å². The maximum atomic E-state index is 13.7. The number of nitrogens with one attached hydrogen (secondary N) is 2. The molecule has 0 saturated carbocycles. The van der Waals surface area contributed by atoms with Crippen LogP contribution in [0.3, 0.4) is 0 Å². The van der Waals surface area contributed by atoms with Crippen molar-refractivity contribution in [3.63, 3.8) is 0 Å². The Morgan fingerprint density at radius 1 is 0.955 bits per heavy atom. The van der Waals surface area contributed by atoms with Gasteiger partial charge in [0.15, 0.2) is 5.58 Å². The quantitative estimate of drug-likeness (QED) is 0.156. The Morgan fingerprint density at radius 2 is 1.70 bits per heavy atom. The molecule has 2 heterocycles. The number of nitrogens with zero attached hydrogens (tertiary/aromatic N) is 1.